The first kappa shape index (κ1) is 7.05. The molecule has 0 unspecified atom stereocenters. The van der Waals surface area contributed by atoms with Gasteiger partial charge in [0.15, 0.2) is 0 Å². The van der Waals surface area contributed by atoms with Crippen LogP contribution in [-0.2, 0) is 9.53 Å². The SMILES string of the molecule is CC1(C)OC(=O)C=C[I-]1. The van der Waals surface area contributed by atoms with E-state index in [1.54, 1.807) is 0 Å². The van der Waals surface area contributed by atoms with Gasteiger partial charge in [-0.3, -0.25) is 0 Å². The molecule has 52 valence electrons. The van der Waals surface area contributed by atoms with Crippen LogP contribution in [0, 0.1) is 0 Å². The molecule has 0 amide bonds. The molecule has 0 aliphatic carbocycles. The van der Waals surface area contributed by atoms with E-state index in [2.05, 4.69) is 0 Å². The molecule has 0 saturated carbocycles. The molecule has 0 N–H and O–H groups in total. The summed E-state index contributed by atoms with van der Waals surface area (Å²) in [6, 6.07) is 0. The Balaban J connectivity index is 2.68. The van der Waals surface area contributed by atoms with Gasteiger partial charge in [-0.05, 0) is 0 Å². The van der Waals surface area contributed by atoms with Gasteiger partial charge in [0, 0.05) is 0 Å². The van der Waals surface area contributed by atoms with Crippen molar-refractivity contribution < 1.29 is 30.7 Å². The number of cyclic esters (lactones) is 1. The maximum absolute atomic E-state index is 10.6. The Bertz CT molecular complexity index is 160. The third kappa shape index (κ3) is 1.97. The van der Waals surface area contributed by atoms with Gasteiger partial charge in [0.1, 0.15) is 0 Å². The van der Waals surface area contributed by atoms with Crippen molar-refractivity contribution in [2.24, 2.45) is 0 Å². The van der Waals surface area contributed by atoms with Crippen LogP contribution in [0.5, 0.6) is 0 Å². The fraction of sp³-hybridized carbons (Fsp3) is 0.500. The molecule has 0 atom stereocenters. The number of hydrogen-bond acceptors (Lipinski definition) is 2. The molecule has 0 fully saturated rings. The second-order valence-corrected chi connectivity index (χ2v) is 6.13. The van der Waals surface area contributed by atoms with Crippen LogP contribution < -0.4 is 21.2 Å². The van der Waals surface area contributed by atoms with Crippen LogP contribution >= 0.6 is 0 Å². The molecule has 0 aromatic carbocycles. The summed E-state index contributed by atoms with van der Waals surface area (Å²) in [5.41, 5.74) is 0. The van der Waals surface area contributed by atoms with Crippen molar-refractivity contribution in [3.63, 3.8) is 0 Å². The minimum atomic E-state index is -0.203. The molecule has 0 aromatic rings. The topological polar surface area (TPSA) is 26.3 Å². The van der Waals surface area contributed by atoms with Crippen LogP contribution in [0.1, 0.15) is 13.8 Å². The van der Waals surface area contributed by atoms with E-state index in [9.17, 15) is 4.79 Å². The summed E-state index contributed by atoms with van der Waals surface area (Å²) >= 11 is -0.0825. The Morgan fingerprint density at radius 1 is 1.67 bits per heavy atom. The number of halogens is 1. The van der Waals surface area contributed by atoms with Gasteiger partial charge in [0.2, 0.25) is 0 Å². The van der Waals surface area contributed by atoms with Crippen LogP contribution in [0.15, 0.2) is 10.2 Å². The van der Waals surface area contributed by atoms with Crippen LogP contribution in [0.4, 0.5) is 0 Å². The number of ether oxygens (including phenoxy) is 1. The standard InChI is InChI=1S/C6H8IO2/c1-6(2)7-4-3-5(8)9-6/h3-4H,1-2H3/q-1. The van der Waals surface area contributed by atoms with Gasteiger partial charge in [-0.2, -0.15) is 0 Å². The number of esters is 1. The third-order valence-electron chi connectivity index (χ3n) is 0.868. The van der Waals surface area contributed by atoms with Crippen molar-refractivity contribution in [2.45, 2.75) is 17.5 Å². The summed E-state index contributed by atoms with van der Waals surface area (Å²) < 4.78 is 6.77. The van der Waals surface area contributed by atoms with E-state index in [0.717, 1.165) is 0 Å². The first-order chi connectivity index (χ1) is 4.10. The summed E-state index contributed by atoms with van der Waals surface area (Å²) in [5.74, 6) is -0.203. The molecule has 3 heteroatoms. The number of carbonyl (C=O) groups is 1. The fourth-order valence-corrected chi connectivity index (χ4v) is 2.21. The van der Waals surface area contributed by atoms with Crippen molar-refractivity contribution in [1.29, 1.82) is 0 Å². The summed E-state index contributed by atoms with van der Waals surface area (Å²) in [6.45, 7) is 3.89. The molecule has 0 bridgehead atoms. The molecule has 1 rings (SSSR count). The zero-order chi connectivity index (χ0) is 6.91. The van der Waals surface area contributed by atoms with Crippen LogP contribution in [0.25, 0.3) is 0 Å². The molecule has 2 nitrogen and oxygen atoms in total. The van der Waals surface area contributed by atoms with Crippen LogP contribution in [0.3, 0.4) is 0 Å². The molecule has 9 heavy (non-hydrogen) atoms. The van der Waals surface area contributed by atoms with E-state index in [1.807, 2.05) is 17.9 Å². The number of rotatable bonds is 0. The van der Waals surface area contributed by atoms with Crippen molar-refractivity contribution in [3.05, 3.63) is 10.2 Å². The first-order valence-corrected chi connectivity index (χ1v) is 4.97. The summed E-state index contributed by atoms with van der Waals surface area (Å²) in [7, 11) is 0. The summed E-state index contributed by atoms with van der Waals surface area (Å²) in [6.07, 6.45) is 1.51. The van der Waals surface area contributed by atoms with Gasteiger partial charge in [0.25, 0.3) is 0 Å². The second-order valence-electron chi connectivity index (χ2n) is 2.19. The van der Waals surface area contributed by atoms with E-state index >= 15 is 0 Å². The molecule has 0 radical (unpaired) electrons. The van der Waals surface area contributed by atoms with E-state index in [4.69, 9.17) is 4.74 Å². The van der Waals surface area contributed by atoms with E-state index in [1.165, 1.54) is 6.08 Å². The predicted molar refractivity (Wildman–Crippen MR) is 29.3 cm³/mol. The second kappa shape index (κ2) is 2.28. The quantitative estimate of drug-likeness (QED) is 0.274. The third-order valence-corrected chi connectivity index (χ3v) is 3.31. The Hall–Kier alpha value is -0.0600. The Kier molecular flexibility index (Phi) is 1.79. The Labute approximate surface area is 64.5 Å². The van der Waals surface area contributed by atoms with E-state index in [0.29, 0.717) is 0 Å². The molecule has 1 heterocycles. The van der Waals surface area contributed by atoms with E-state index < -0.39 is 0 Å². The minimum absolute atomic E-state index is 0.0825. The maximum atomic E-state index is 10.6. The van der Waals surface area contributed by atoms with Gasteiger partial charge < -0.3 is 0 Å². The zero-order valence-corrected chi connectivity index (χ0v) is 7.51. The average Bonchev–Trinajstić information content (AvgIpc) is 1.60. The number of hydrogen-bond donors (Lipinski definition) is 0. The summed E-state index contributed by atoms with van der Waals surface area (Å²) in [4.78, 5) is 10.6. The first-order valence-electron chi connectivity index (χ1n) is 2.64. The van der Waals surface area contributed by atoms with Crippen LogP contribution in [0.2, 0.25) is 0 Å². The van der Waals surface area contributed by atoms with Crippen molar-refractivity contribution in [1.82, 2.24) is 0 Å². The Morgan fingerprint density at radius 3 is 2.67 bits per heavy atom. The molecule has 0 saturated heterocycles. The van der Waals surface area contributed by atoms with Crippen molar-refractivity contribution in [2.75, 3.05) is 0 Å². The molecule has 0 aromatic heterocycles. The van der Waals surface area contributed by atoms with Gasteiger partial charge in [-0.1, -0.05) is 0 Å². The Morgan fingerprint density at radius 2 is 2.33 bits per heavy atom. The zero-order valence-electron chi connectivity index (χ0n) is 5.35. The normalized spacial score (nSPS) is 24.4. The molecular formula is C6H8IO2-. The van der Waals surface area contributed by atoms with Gasteiger partial charge >= 0.3 is 64.3 Å². The number of alkyl halides is 1. The molecular weight excluding hydrogens is 231 g/mol. The molecule has 0 spiro atoms. The van der Waals surface area contributed by atoms with Gasteiger partial charge in [0.05, 0.1) is 0 Å². The van der Waals surface area contributed by atoms with Gasteiger partial charge in [-0.25, -0.2) is 0 Å². The fourth-order valence-electron chi connectivity index (χ4n) is 0.530. The van der Waals surface area contributed by atoms with Crippen molar-refractivity contribution >= 4 is 5.97 Å². The van der Waals surface area contributed by atoms with Crippen LogP contribution in [-0.4, -0.2) is 9.58 Å². The monoisotopic (exact) mass is 239 g/mol. The number of carbonyl (C=O) groups excluding carboxylic acids is 1. The molecule has 1 aliphatic rings. The predicted octanol–water partition coefficient (Wildman–Crippen LogP) is -2.12. The summed E-state index contributed by atoms with van der Waals surface area (Å²) in [5, 5.41) is 0. The molecule has 1 aliphatic heterocycles. The van der Waals surface area contributed by atoms with Crippen molar-refractivity contribution in [3.8, 4) is 0 Å². The average molecular weight is 239 g/mol. The van der Waals surface area contributed by atoms with E-state index in [-0.39, 0.29) is 30.8 Å². The van der Waals surface area contributed by atoms with Gasteiger partial charge in [-0.15, -0.1) is 0 Å².